The number of hydrogen-bond donors (Lipinski definition) is 2. The van der Waals surface area contributed by atoms with E-state index in [4.69, 9.17) is 0 Å². The van der Waals surface area contributed by atoms with Crippen LogP contribution in [0.2, 0.25) is 0 Å². The summed E-state index contributed by atoms with van der Waals surface area (Å²) in [6.45, 7) is 2.24. The first-order chi connectivity index (χ1) is 11.3. The molecule has 0 atom stereocenters. The van der Waals surface area contributed by atoms with E-state index in [0.717, 1.165) is 31.5 Å². The van der Waals surface area contributed by atoms with Gasteiger partial charge in [0.05, 0.1) is 0 Å². The number of allylic oxidation sites excluding steroid dienone is 1. The number of carbonyl (C=O) groups excluding carboxylic acids is 1. The standard InChI is InChI=1S/C20H28N2O/c23-20(22-19-4-2-1-3-5-19)18-10-8-16(9-11-18)6-7-17-12-14-21-15-13-17/h6-11,17,19,21H,1-5,12-15H2,(H,22,23)/b7-6+. The molecule has 1 amide bonds. The molecule has 124 valence electrons. The third-order valence-electron chi connectivity index (χ3n) is 5.06. The monoisotopic (exact) mass is 312 g/mol. The highest BCUT2D eigenvalue weighted by molar-refractivity contribution is 5.94. The normalized spacial score (nSPS) is 20.7. The molecule has 1 aromatic rings. The first kappa shape index (κ1) is 16.3. The van der Waals surface area contributed by atoms with Crippen molar-refractivity contribution in [3.05, 3.63) is 41.5 Å². The summed E-state index contributed by atoms with van der Waals surface area (Å²) in [6.07, 6.45) is 13.0. The summed E-state index contributed by atoms with van der Waals surface area (Å²) in [6, 6.07) is 8.36. The summed E-state index contributed by atoms with van der Waals surface area (Å²) >= 11 is 0. The van der Waals surface area contributed by atoms with Crippen molar-refractivity contribution in [2.24, 2.45) is 5.92 Å². The van der Waals surface area contributed by atoms with Crippen molar-refractivity contribution in [1.29, 1.82) is 0 Å². The number of nitrogens with one attached hydrogen (secondary N) is 2. The van der Waals surface area contributed by atoms with Gasteiger partial charge in [0.25, 0.3) is 5.91 Å². The second-order valence-corrected chi connectivity index (χ2v) is 6.88. The third kappa shape index (κ3) is 4.93. The van der Waals surface area contributed by atoms with Gasteiger partial charge in [-0.1, -0.05) is 43.5 Å². The van der Waals surface area contributed by atoms with Gasteiger partial charge in [0.15, 0.2) is 0 Å². The van der Waals surface area contributed by atoms with Crippen molar-refractivity contribution in [3.63, 3.8) is 0 Å². The van der Waals surface area contributed by atoms with Crippen molar-refractivity contribution in [2.75, 3.05) is 13.1 Å². The van der Waals surface area contributed by atoms with Crippen molar-refractivity contribution >= 4 is 12.0 Å². The lowest BCUT2D eigenvalue weighted by atomic mass is 9.95. The lowest BCUT2D eigenvalue weighted by molar-refractivity contribution is 0.0927. The molecule has 0 bridgehead atoms. The van der Waals surface area contributed by atoms with Crippen LogP contribution in [-0.2, 0) is 0 Å². The molecule has 1 heterocycles. The van der Waals surface area contributed by atoms with Gasteiger partial charge in [-0.15, -0.1) is 0 Å². The van der Waals surface area contributed by atoms with Gasteiger partial charge >= 0.3 is 0 Å². The minimum Gasteiger partial charge on any atom is -0.349 e. The van der Waals surface area contributed by atoms with E-state index in [1.165, 1.54) is 37.7 Å². The molecule has 3 heteroatoms. The third-order valence-corrected chi connectivity index (χ3v) is 5.06. The molecule has 1 saturated heterocycles. The average Bonchev–Trinajstić information content (AvgIpc) is 2.62. The Morgan fingerprint density at radius 3 is 2.39 bits per heavy atom. The Hall–Kier alpha value is -1.61. The van der Waals surface area contributed by atoms with Crippen LogP contribution in [0, 0.1) is 5.92 Å². The zero-order valence-electron chi connectivity index (χ0n) is 13.9. The van der Waals surface area contributed by atoms with E-state index >= 15 is 0 Å². The van der Waals surface area contributed by atoms with E-state index in [1.54, 1.807) is 0 Å². The second-order valence-electron chi connectivity index (χ2n) is 6.88. The SMILES string of the molecule is O=C(NC1CCCCC1)c1ccc(/C=C/C2CCNCC2)cc1. The summed E-state index contributed by atoms with van der Waals surface area (Å²) in [5.74, 6) is 0.760. The Morgan fingerprint density at radius 1 is 1.00 bits per heavy atom. The minimum atomic E-state index is 0.0748. The molecule has 3 nitrogen and oxygen atoms in total. The van der Waals surface area contributed by atoms with Crippen LogP contribution >= 0.6 is 0 Å². The zero-order chi connectivity index (χ0) is 15.9. The van der Waals surface area contributed by atoms with E-state index in [2.05, 4.69) is 22.8 Å². The molecular formula is C20H28N2O. The summed E-state index contributed by atoms with van der Waals surface area (Å²) in [7, 11) is 0. The predicted molar refractivity (Wildman–Crippen MR) is 95.4 cm³/mol. The molecule has 1 aliphatic heterocycles. The fourth-order valence-corrected chi connectivity index (χ4v) is 3.55. The van der Waals surface area contributed by atoms with Crippen LogP contribution in [-0.4, -0.2) is 25.0 Å². The molecule has 1 aromatic carbocycles. The van der Waals surface area contributed by atoms with Crippen LogP contribution in [0.5, 0.6) is 0 Å². The molecular weight excluding hydrogens is 284 g/mol. The van der Waals surface area contributed by atoms with Crippen LogP contribution in [0.4, 0.5) is 0 Å². The molecule has 2 N–H and O–H groups in total. The van der Waals surface area contributed by atoms with Crippen molar-refractivity contribution < 1.29 is 4.79 Å². The summed E-state index contributed by atoms with van der Waals surface area (Å²) in [4.78, 5) is 12.3. The van der Waals surface area contributed by atoms with Gasteiger partial charge in [-0.05, 0) is 62.4 Å². The molecule has 1 saturated carbocycles. The maximum atomic E-state index is 12.3. The van der Waals surface area contributed by atoms with Gasteiger partial charge < -0.3 is 10.6 Å². The minimum absolute atomic E-state index is 0.0748. The highest BCUT2D eigenvalue weighted by Crippen LogP contribution is 2.18. The Bertz CT molecular complexity index is 523. The van der Waals surface area contributed by atoms with E-state index < -0.39 is 0 Å². The van der Waals surface area contributed by atoms with Crippen LogP contribution in [0.1, 0.15) is 60.9 Å². The Balaban J connectivity index is 1.53. The van der Waals surface area contributed by atoms with Gasteiger partial charge in [0.2, 0.25) is 0 Å². The number of amides is 1. The maximum absolute atomic E-state index is 12.3. The molecule has 3 rings (SSSR count). The average molecular weight is 312 g/mol. The number of benzene rings is 1. The molecule has 0 spiro atoms. The summed E-state index contributed by atoms with van der Waals surface area (Å²) in [5.41, 5.74) is 1.95. The fraction of sp³-hybridized carbons (Fsp3) is 0.550. The van der Waals surface area contributed by atoms with Crippen molar-refractivity contribution in [2.45, 2.75) is 51.0 Å². The number of carbonyl (C=O) groups is 1. The first-order valence-corrected chi connectivity index (χ1v) is 9.11. The van der Waals surface area contributed by atoms with Gasteiger partial charge in [0, 0.05) is 11.6 Å². The molecule has 0 unspecified atom stereocenters. The lowest BCUT2D eigenvalue weighted by Crippen LogP contribution is -2.36. The largest absolute Gasteiger partial charge is 0.349 e. The Morgan fingerprint density at radius 2 is 1.70 bits per heavy atom. The quantitative estimate of drug-likeness (QED) is 0.889. The number of rotatable bonds is 4. The molecule has 0 aromatic heterocycles. The Labute approximate surface area is 139 Å². The van der Waals surface area contributed by atoms with Crippen molar-refractivity contribution in [1.82, 2.24) is 10.6 Å². The molecule has 2 fully saturated rings. The highest BCUT2D eigenvalue weighted by Gasteiger charge is 2.16. The van der Waals surface area contributed by atoms with E-state index in [0.29, 0.717) is 12.0 Å². The van der Waals surface area contributed by atoms with Crippen LogP contribution in [0.25, 0.3) is 6.08 Å². The number of hydrogen-bond acceptors (Lipinski definition) is 2. The molecule has 2 aliphatic rings. The Kier molecular flexibility index (Phi) is 5.87. The van der Waals surface area contributed by atoms with E-state index in [9.17, 15) is 4.79 Å². The van der Waals surface area contributed by atoms with Crippen LogP contribution in [0.15, 0.2) is 30.3 Å². The molecule has 23 heavy (non-hydrogen) atoms. The van der Waals surface area contributed by atoms with Crippen LogP contribution < -0.4 is 10.6 Å². The highest BCUT2D eigenvalue weighted by atomic mass is 16.1. The van der Waals surface area contributed by atoms with Gasteiger partial charge in [-0.3, -0.25) is 4.79 Å². The van der Waals surface area contributed by atoms with E-state index in [1.807, 2.05) is 24.3 Å². The molecule has 1 aliphatic carbocycles. The van der Waals surface area contributed by atoms with Crippen LogP contribution in [0.3, 0.4) is 0 Å². The smallest absolute Gasteiger partial charge is 0.251 e. The van der Waals surface area contributed by atoms with Gasteiger partial charge in [-0.2, -0.15) is 0 Å². The van der Waals surface area contributed by atoms with Gasteiger partial charge in [-0.25, -0.2) is 0 Å². The second kappa shape index (κ2) is 8.30. The zero-order valence-corrected chi connectivity index (χ0v) is 13.9. The van der Waals surface area contributed by atoms with E-state index in [-0.39, 0.29) is 5.91 Å². The first-order valence-electron chi connectivity index (χ1n) is 9.11. The molecule has 0 radical (unpaired) electrons. The fourth-order valence-electron chi connectivity index (χ4n) is 3.55. The summed E-state index contributed by atoms with van der Waals surface area (Å²) in [5, 5.41) is 6.56. The van der Waals surface area contributed by atoms with Gasteiger partial charge in [0.1, 0.15) is 0 Å². The van der Waals surface area contributed by atoms with Crippen molar-refractivity contribution in [3.8, 4) is 0 Å². The predicted octanol–water partition coefficient (Wildman–Crippen LogP) is 3.76. The topological polar surface area (TPSA) is 41.1 Å². The number of piperidine rings is 1. The summed E-state index contributed by atoms with van der Waals surface area (Å²) < 4.78 is 0. The lowest BCUT2D eigenvalue weighted by Gasteiger charge is -2.22. The maximum Gasteiger partial charge on any atom is 0.251 e.